The highest BCUT2D eigenvalue weighted by Gasteiger charge is 2.53. The number of hydrogen-bond acceptors (Lipinski definition) is 6. The lowest BCUT2D eigenvalue weighted by Gasteiger charge is -2.41. The van der Waals surface area contributed by atoms with Gasteiger partial charge in [-0.3, -0.25) is 4.98 Å². The van der Waals surface area contributed by atoms with Crippen molar-refractivity contribution >= 4 is 0 Å². The average molecular weight is 408 g/mol. The van der Waals surface area contributed by atoms with Crippen molar-refractivity contribution in [3.8, 4) is 11.5 Å². The maximum Gasteiger partial charge on any atom is 0.190 e. The summed E-state index contributed by atoms with van der Waals surface area (Å²) in [5.74, 6) is 0.848. The van der Waals surface area contributed by atoms with Crippen molar-refractivity contribution in [1.82, 2.24) is 9.88 Å². The quantitative estimate of drug-likeness (QED) is 0.766. The molecule has 2 aliphatic heterocycles. The fourth-order valence-electron chi connectivity index (χ4n) is 5.18. The summed E-state index contributed by atoms with van der Waals surface area (Å²) in [5, 5.41) is 0. The van der Waals surface area contributed by atoms with Crippen molar-refractivity contribution in [2.75, 3.05) is 34.4 Å². The van der Waals surface area contributed by atoms with Crippen LogP contribution in [0.2, 0.25) is 0 Å². The van der Waals surface area contributed by atoms with Gasteiger partial charge in [-0.1, -0.05) is 12.1 Å². The smallest absolute Gasteiger partial charge is 0.190 e. The van der Waals surface area contributed by atoms with E-state index < -0.39 is 5.79 Å². The van der Waals surface area contributed by atoms with Crippen LogP contribution in [0.3, 0.4) is 0 Å². The fraction of sp³-hybridized carbons (Fsp3) is 0.458. The number of pyridine rings is 1. The number of allylic oxidation sites excluding steroid dienone is 1. The zero-order valence-electron chi connectivity index (χ0n) is 17.8. The van der Waals surface area contributed by atoms with E-state index in [2.05, 4.69) is 35.1 Å². The predicted octanol–water partition coefficient (Wildman–Crippen LogP) is 3.83. The molecule has 5 rings (SSSR count). The van der Waals surface area contributed by atoms with E-state index in [1.54, 1.807) is 20.4 Å². The van der Waals surface area contributed by atoms with Crippen molar-refractivity contribution in [2.24, 2.45) is 0 Å². The zero-order chi connectivity index (χ0) is 20.8. The van der Waals surface area contributed by atoms with Crippen LogP contribution in [0.15, 0.2) is 54.5 Å². The predicted molar refractivity (Wildman–Crippen MR) is 113 cm³/mol. The van der Waals surface area contributed by atoms with E-state index in [-0.39, 0.29) is 11.5 Å². The van der Waals surface area contributed by atoms with Crippen LogP contribution in [0.1, 0.15) is 36.5 Å². The van der Waals surface area contributed by atoms with Crippen molar-refractivity contribution in [3.05, 3.63) is 65.6 Å². The number of rotatable bonds is 4. The largest absolute Gasteiger partial charge is 0.493 e. The summed E-state index contributed by atoms with van der Waals surface area (Å²) in [6, 6.07) is 10.3. The highest BCUT2D eigenvalue weighted by molar-refractivity contribution is 5.50. The molecular formula is C24H28N2O4. The fourth-order valence-corrected chi connectivity index (χ4v) is 5.18. The van der Waals surface area contributed by atoms with Gasteiger partial charge in [0.1, 0.15) is 6.10 Å². The molecule has 3 aliphatic rings. The first-order valence-electron chi connectivity index (χ1n) is 10.5. The third-order valence-electron chi connectivity index (χ3n) is 6.85. The molecule has 0 radical (unpaired) electrons. The van der Waals surface area contributed by atoms with Gasteiger partial charge in [0, 0.05) is 49.1 Å². The summed E-state index contributed by atoms with van der Waals surface area (Å²) >= 11 is 0. The number of methoxy groups -OCH3 is 2. The van der Waals surface area contributed by atoms with Crippen LogP contribution in [0.5, 0.6) is 11.5 Å². The molecular weight excluding hydrogens is 380 g/mol. The van der Waals surface area contributed by atoms with Crippen LogP contribution < -0.4 is 9.47 Å². The second-order valence-corrected chi connectivity index (χ2v) is 8.37. The summed E-state index contributed by atoms with van der Waals surface area (Å²) in [4.78, 5) is 6.56. The number of fused-ring (bicyclic) bond motifs is 1. The number of nitrogens with zero attached hydrogens (tertiary/aromatic N) is 2. The molecule has 2 unspecified atom stereocenters. The van der Waals surface area contributed by atoms with Crippen molar-refractivity contribution in [3.63, 3.8) is 0 Å². The first kappa shape index (κ1) is 19.4. The molecule has 1 aromatic heterocycles. The topological polar surface area (TPSA) is 53.1 Å². The maximum atomic E-state index is 6.48. The molecule has 2 fully saturated rings. The van der Waals surface area contributed by atoms with Crippen LogP contribution in [-0.4, -0.2) is 50.1 Å². The van der Waals surface area contributed by atoms with Gasteiger partial charge in [-0.15, -0.1) is 0 Å². The molecule has 6 nitrogen and oxygen atoms in total. The molecule has 158 valence electrons. The molecule has 0 amide bonds. The van der Waals surface area contributed by atoms with Gasteiger partial charge in [0.25, 0.3) is 0 Å². The Morgan fingerprint density at radius 1 is 1.10 bits per heavy atom. The Balaban J connectivity index is 1.50. The molecule has 1 aliphatic carbocycles. The van der Waals surface area contributed by atoms with E-state index in [1.807, 2.05) is 24.4 Å². The van der Waals surface area contributed by atoms with Crippen LogP contribution in [0.4, 0.5) is 0 Å². The summed E-state index contributed by atoms with van der Waals surface area (Å²) in [7, 11) is 5.51. The monoisotopic (exact) mass is 408 g/mol. The molecule has 0 saturated carbocycles. The van der Waals surface area contributed by atoms with Gasteiger partial charge < -0.3 is 23.8 Å². The second kappa shape index (κ2) is 7.29. The van der Waals surface area contributed by atoms with Gasteiger partial charge in [-0.2, -0.15) is 0 Å². The summed E-state index contributed by atoms with van der Waals surface area (Å²) in [5.41, 5.74) is 3.53. The molecule has 3 atom stereocenters. The molecule has 3 heterocycles. The highest BCUT2D eigenvalue weighted by atomic mass is 16.7. The molecule has 0 N–H and O–H groups in total. The molecule has 2 aromatic rings. The van der Waals surface area contributed by atoms with E-state index in [0.717, 1.165) is 42.9 Å². The van der Waals surface area contributed by atoms with Gasteiger partial charge >= 0.3 is 0 Å². The molecule has 0 bridgehead atoms. The van der Waals surface area contributed by atoms with Crippen LogP contribution in [-0.2, 0) is 14.9 Å². The molecule has 6 heteroatoms. The van der Waals surface area contributed by atoms with Crippen molar-refractivity contribution in [2.45, 2.75) is 36.6 Å². The first-order chi connectivity index (χ1) is 14.6. The number of likely N-dealkylation sites (tertiary alicyclic amines) is 1. The maximum absolute atomic E-state index is 6.48. The normalized spacial score (nSPS) is 30.3. The zero-order valence-corrected chi connectivity index (χ0v) is 17.8. The molecule has 1 aromatic carbocycles. The van der Waals surface area contributed by atoms with Gasteiger partial charge in [0.15, 0.2) is 17.3 Å². The van der Waals surface area contributed by atoms with E-state index in [4.69, 9.17) is 18.9 Å². The summed E-state index contributed by atoms with van der Waals surface area (Å²) in [6.45, 7) is 1.55. The lowest BCUT2D eigenvalue weighted by Crippen LogP contribution is -2.41. The number of benzene rings is 1. The summed E-state index contributed by atoms with van der Waals surface area (Å²) in [6.07, 6.45) is 8.61. The molecule has 1 spiro atoms. The average Bonchev–Trinajstić information content (AvgIpc) is 3.36. The molecule has 2 saturated heterocycles. The van der Waals surface area contributed by atoms with E-state index in [1.165, 1.54) is 11.3 Å². The number of ether oxygens (including phenoxy) is 4. The number of hydrogen-bond donors (Lipinski definition) is 0. The minimum atomic E-state index is -0.672. The summed E-state index contributed by atoms with van der Waals surface area (Å²) < 4.78 is 23.8. The Morgan fingerprint density at radius 2 is 1.97 bits per heavy atom. The third-order valence-corrected chi connectivity index (χ3v) is 6.85. The minimum absolute atomic E-state index is 0.0569. The Labute approximate surface area is 177 Å². The van der Waals surface area contributed by atoms with Gasteiger partial charge in [-0.05, 0) is 42.7 Å². The van der Waals surface area contributed by atoms with Crippen molar-refractivity contribution in [1.29, 1.82) is 0 Å². The van der Waals surface area contributed by atoms with Gasteiger partial charge in [0.05, 0.1) is 20.8 Å². The third kappa shape index (κ3) is 2.97. The van der Waals surface area contributed by atoms with Crippen molar-refractivity contribution < 1.29 is 18.9 Å². The highest BCUT2D eigenvalue weighted by Crippen LogP contribution is 2.54. The SMILES string of the molecule is COc1ccc([C@]23CCN(C)C2=CC2(CC3)OCC(c3cccnc3)O2)cc1OC. The molecule has 30 heavy (non-hydrogen) atoms. The Kier molecular flexibility index (Phi) is 4.71. The van der Waals surface area contributed by atoms with E-state index >= 15 is 0 Å². The van der Waals surface area contributed by atoms with Gasteiger partial charge in [-0.25, -0.2) is 0 Å². The first-order valence-corrected chi connectivity index (χ1v) is 10.5. The van der Waals surface area contributed by atoms with E-state index in [9.17, 15) is 0 Å². The lowest BCUT2D eigenvalue weighted by atomic mass is 9.69. The van der Waals surface area contributed by atoms with Crippen LogP contribution in [0.25, 0.3) is 0 Å². The Morgan fingerprint density at radius 3 is 2.73 bits per heavy atom. The van der Waals surface area contributed by atoms with E-state index in [0.29, 0.717) is 6.61 Å². The Hall–Kier alpha value is -2.57. The number of aromatic nitrogens is 1. The van der Waals surface area contributed by atoms with Gasteiger partial charge in [0.2, 0.25) is 0 Å². The minimum Gasteiger partial charge on any atom is -0.493 e. The number of likely N-dealkylation sites (N-methyl/N-ethyl adjacent to an activating group) is 1. The lowest BCUT2D eigenvalue weighted by molar-refractivity contribution is -0.143. The Bertz CT molecular complexity index is 963. The van der Waals surface area contributed by atoms with Crippen LogP contribution >= 0.6 is 0 Å². The van der Waals surface area contributed by atoms with Crippen LogP contribution in [0, 0.1) is 0 Å². The second-order valence-electron chi connectivity index (χ2n) is 8.37. The standard InChI is InChI=1S/C24H28N2O4/c1-26-12-10-23(18-6-7-19(27-2)20(13-18)28-3)8-9-24(14-22(23)26)29-16-21(30-24)17-5-4-11-25-15-17/h4-7,11,13-15,21H,8-10,12,16H2,1-3H3/t21?,23-,24?/m0/s1.